The molecular formula is C44H43F5N8O10S2. The summed E-state index contributed by atoms with van der Waals surface area (Å²) in [7, 11) is -7.86. The van der Waals surface area contributed by atoms with Gasteiger partial charge in [0.1, 0.15) is 29.5 Å². The van der Waals surface area contributed by atoms with Crippen LogP contribution in [0.2, 0.25) is 0 Å². The summed E-state index contributed by atoms with van der Waals surface area (Å²) in [5.74, 6) is -6.28. The molecule has 2 amide bonds. The van der Waals surface area contributed by atoms with Crippen LogP contribution in [0, 0.1) is 34.5 Å². The molecule has 69 heavy (non-hydrogen) atoms. The number of nitriles is 2. The summed E-state index contributed by atoms with van der Waals surface area (Å²) in [6.45, 7) is 2.79. The quantitative estimate of drug-likeness (QED) is 0.115. The molecule has 0 spiro atoms. The Hall–Kier alpha value is -7.25. The van der Waals surface area contributed by atoms with E-state index < -0.39 is 90.8 Å². The fourth-order valence-corrected chi connectivity index (χ4v) is 9.44. The number of benzene rings is 2. The van der Waals surface area contributed by atoms with Gasteiger partial charge in [0.25, 0.3) is 6.43 Å². The largest absolute Gasteiger partial charge is 0.462 e. The third kappa shape index (κ3) is 13.9. The molecule has 0 radical (unpaired) electrons. The fraction of sp³-hybridized carbons (Fsp3) is 0.364. The molecule has 0 aliphatic carbocycles. The number of ether oxygens (including phenoxy) is 2. The minimum Gasteiger partial charge on any atom is -0.462 e. The fourth-order valence-electron chi connectivity index (χ4n) is 7.09. The van der Waals surface area contributed by atoms with Crippen molar-refractivity contribution in [2.24, 2.45) is 11.8 Å². The molecule has 4 heterocycles. The van der Waals surface area contributed by atoms with Crippen LogP contribution in [-0.2, 0) is 56.8 Å². The van der Waals surface area contributed by atoms with Crippen molar-refractivity contribution in [3.8, 4) is 12.1 Å². The maximum atomic E-state index is 13.6. The Morgan fingerprint density at radius 3 is 1.58 bits per heavy atom. The van der Waals surface area contributed by atoms with Gasteiger partial charge in [0, 0.05) is 32.1 Å². The Balaban J connectivity index is 0.000000258. The maximum Gasteiger partial charge on any atom is 0.434 e. The van der Waals surface area contributed by atoms with E-state index in [0.717, 1.165) is 12.1 Å². The van der Waals surface area contributed by atoms with Crippen molar-refractivity contribution in [2.75, 3.05) is 49.2 Å². The number of hydrogen-bond donors (Lipinski definition) is 2. The van der Waals surface area contributed by atoms with Crippen LogP contribution < -0.4 is 19.2 Å². The first-order valence-corrected chi connectivity index (χ1v) is 24.2. The normalized spacial score (nSPS) is 14.3. The highest BCUT2D eigenvalue weighted by Crippen LogP contribution is 2.36. The smallest absolute Gasteiger partial charge is 0.434 e. The summed E-state index contributed by atoms with van der Waals surface area (Å²) < 4.78 is 131. The number of rotatable bonds is 15. The van der Waals surface area contributed by atoms with E-state index in [2.05, 4.69) is 19.4 Å². The lowest BCUT2D eigenvalue weighted by Crippen LogP contribution is -2.55. The van der Waals surface area contributed by atoms with Crippen molar-refractivity contribution in [3.05, 3.63) is 118 Å². The number of esters is 2. The van der Waals surface area contributed by atoms with E-state index in [1.54, 1.807) is 72.8 Å². The third-order valence-electron chi connectivity index (χ3n) is 10.4. The zero-order chi connectivity index (χ0) is 50.7. The number of nitrogens with one attached hydrogen (secondary N) is 2. The second kappa shape index (κ2) is 22.7. The van der Waals surface area contributed by atoms with E-state index in [0.29, 0.717) is 11.1 Å². The number of hydrogen-bond acceptors (Lipinski definition) is 16. The van der Waals surface area contributed by atoms with Gasteiger partial charge in [-0.3, -0.25) is 19.0 Å². The average molecular weight is 1000 g/mol. The second-order valence-electron chi connectivity index (χ2n) is 15.3. The van der Waals surface area contributed by atoms with Crippen molar-refractivity contribution in [1.29, 1.82) is 10.5 Å². The molecule has 366 valence electrons. The van der Waals surface area contributed by atoms with Gasteiger partial charge >= 0.3 is 18.1 Å². The molecular weight excluding hydrogens is 960 g/mol. The van der Waals surface area contributed by atoms with Crippen LogP contribution >= 0.6 is 0 Å². The molecule has 6 rings (SSSR count). The number of alkyl halides is 5. The molecule has 0 bridgehead atoms. The Labute approximate surface area is 393 Å². The number of piperidine rings is 1. The van der Waals surface area contributed by atoms with Gasteiger partial charge < -0.3 is 19.3 Å². The lowest BCUT2D eigenvalue weighted by Gasteiger charge is -2.39. The minimum absolute atomic E-state index is 0.0319. The minimum atomic E-state index is -4.98. The predicted octanol–water partition coefficient (Wildman–Crippen LogP) is 5.16. The number of amides is 2. The number of aromatic nitrogens is 2. The van der Waals surface area contributed by atoms with Crippen LogP contribution in [0.1, 0.15) is 87.5 Å². The van der Waals surface area contributed by atoms with Crippen LogP contribution in [0.5, 0.6) is 0 Å². The molecule has 0 atom stereocenters. The summed E-state index contributed by atoms with van der Waals surface area (Å²) in [5.41, 5.74) is -3.04. The van der Waals surface area contributed by atoms with Crippen molar-refractivity contribution in [1.82, 2.24) is 19.4 Å². The molecule has 2 aliphatic rings. The Bertz CT molecular complexity index is 2850. The standard InChI is InChI=1S/C23H23F3N4O5S.C21H20F2N4O5S/c1-2-35-22(32)18-12-17(13-27)20(28-19(18)23(24,25)26)30-10-8-16(9-11-30)21(31)29-36(33,34)14-15-6-4-3-5-7-15;1-2-32-21(29)16-8-14(9-24)19(25-17(16)18(22)23)27-10-15(11-27)20(28)26-33(30,31)12-13-6-4-3-5-7-13/h3-7,12,16H,2,8-11,14H2,1H3,(H,29,31);3-8,15,18H,2,10-12H2,1H3,(H,26,28). The van der Waals surface area contributed by atoms with Crippen molar-refractivity contribution < 1.29 is 67.4 Å². The topological polar surface area (TPSA) is 259 Å². The number of nitrogens with zero attached hydrogens (tertiary/aromatic N) is 6. The average Bonchev–Trinajstić information content (AvgIpc) is 3.28. The van der Waals surface area contributed by atoms with E-state index in [1.807, 2.05) is 4.72 Å². The number of carbonyl (C=O) groups excluding carboxylic acids is 4. The molecule has 2 fully saturated rings. The monoisotopic (exact) mass is 1000 g/mol. The van der Waals surface area contributed by atoms with Gasteiger partial charge in [0.2, 0.25) is 31.9 Å². The van der Waals surface area contributed by atoms with Gasteiger partial charge in [-0.2, -0.15) is 23.7 Å². The summed E-state index contributed by atoms with van der Waals surface area (Å²) in [4.78, 5) is 59.1. The Kier molecular flexibility index (Phi) is 17.3. The molecule has 2 aromatic carbocycles. The molecule has 2 aliphatic heterocycles. The van der Waals surface area contributed by atoms with Gasteiger partial charge in [0.05, 0.1) is 52.9 Å². The predicted molar refractivity (Wildman–Crippen MR) is 235 cm³/mol. The summed E-state index contributed by atoms with van der Waals surface area (Å²) in [6, 6.07) is 22.0. The highest BCUT2D eigenvalue weighted by atomic mass is 32.2. The number of anilines is 2. The van der Waals surface area contributed by atoms with Gasteiger partial charge in [0.15, 0.2) is 5.69 Å². The first-order chi connectivity index (χ1) is 32.6. The van der Waals surface area contributed by atoms with Crippen molar-refractivity contribution in [2.45, 2.75) is 50.8 Å². The van der Waals surface area contributed by atoms with Crippen LogP contribution in [0.4, 0.5) is 33.6 Å². The summed E-state index contributed by atoms with van der Waals surface area (Å²) >= 11 is 0. The molecule has 2 aromatic heterocycles. The van der Waals surface area contributed by atoms with Crippen LogP contribution in [0.15, 0.2) is 72.8 Å². The molecule has 0 unspecified atom stereocenters. The highest BCUT2D eigenvalue weighted by molar-refractivity contribution is 7.89. The molecule has 2 N–H and O–H groups in total. The van der Waals surface area contributed by atoms with Crippen LogP contribution in [-0.4, -0.2) is 89.9 Å². The lowest BCUT2D eigenvalue weighted by molar-refractivity contribution is -0.141. The van der Waals surface area contributed by atoms with Gasteiger partial charge in [-0.25, -0.2) is 45.2 Å². The summed E-state index contributed by atoms with van der Waals surface area (Å²) in [6.07, 6.45) is -7.82. The van der Waals surface area contributed by atoms with Gasteiger partial charge in [-0.05, 0) is 49.9 Å². The lowest BCUT2D eigenvalue weighted by atomic mass is 9.96. The highest BCUT2D eigenvalue weighted by Gasteiger charge is 2.41. The Morgan fingerprint density at radius 1 is 0.710 bits per heavy atom. The van der Waals surface area contributed by atoms with Crippen LogP contribution in [0.3, 0.4) is 0 Å². The van der Waals surface area contributed by atoms with E-state index in [4.69, 9.17) is 4.74 Å². The van der Waals surface area contributed by atoms with E-state index in [9.17, 15) is 68.5 Å². The first-order valence-electron chi connectivity index (χ1n) is 20.9. The number of carbonyl (C=O) groups is 4. The molecule has 0 saturated carbocycles. The molecule has 4 aromatic rings. The van der Waals surface area contributed by atoms with Crippen LogP contribution in [0.25, 0.3) is 0 Å². The second-order valence-corrected chi connectivity index (χ2v) is 18.7. The maximum absolute atomic E-state index is 13.6. The number of sulfonamides is 2. The summed E-state index contributed by atoms with van der Waals surface area (Å²) in [5, 5.41) is 18.9. The van der Waals surface area contributed by atoms with Crippen molar-refractivity contribution >= 4 is 55.4 Å². The Morgan fingerprint density at radius 2 is 1.14 bits per heavy atom. The first kappa shape index (κ1) is 52.7. The van der Waals surface area contributed by atoms with Crippen molar-refractivity contribution in [3.63, 3.8) is 0 Å². The van der Waals surface area contributed by atoms with E-state index >= 15 is 0 Å². The molecule has 25 heteroatoms. The zero-order valence-electron chi connectivity index (χ0n) is 36.7. The number of halogens is 5. The molecule has 18 nitrogen and oxygen atoms in total. The van der Waals surface area contributed by atoms with Gasteiger partial charge in [-0.1, -0.05) is 60.7 Å². The van der Waals surface area contributed by atoms with E-state index in [-0.39, 0.29) is 86.5 Å². The molecule has 2 saturated heterocycles. The third-order valence-corrected chi connectivity index (χ3v) is 12.8. The number of pyridine rings is 2. The van der Waals surface area contributed by atoms with E-state index in [1.165, 1.54) is 23.6 Å². The SMILES string of the molecule is CCOC(=O)c1cc(C#N)c(N2CC(C(=O)NS(=O)(=O)Cc3ccccc3)C2)nc1C(F)F.CCOC(=O)c1cc(C#N)c(N2CCC(C(=O)NS(=O)(=O)Cc3ccccc3)CC2)nc1C(F)(F)F. The zero-order valence-corrected chi connectivity index (χ0v) is 38.3. The van der Waals surface area contributed by atoms with Gasteiger partial charge in [-0.15, -0.1) is 0 Å².